The number of methoxy groups -OCH3 is 1. The van der Waals surface area contributed by atoms with Crippen LogP contribution in [0.15, 0.2) is 78.0 Å². The molecular weight excluding hydrogens is 408 g/mol. The number of hydrogen-bond donors (Lipinski definition) is 1. The molecule has 32 heavy (non-hydrogen) atoms. The molecule has 3 rings (SSSR count). The van der Waals surface area contributed by atoms with Gasteiger partial charge in [-0.25, -0.2) is 0 Å². The molecular formula is C25H26N2O5. The van der Waals surface area contributed by atoms with Crippen molar-refractivity contribution in [1.82, 2.24) is 0 Å². The maximum absolute atomic E-state index is 12.0. The van der Waals surface area contributed by atoms with Gasteiger partial charge in [0.1, 0.15) is 12.4 Å². The molecule has 0 radical (unpaired) electrons. The lowest BCUT2D eigenvalue weighted by atomic mass is 10.2. The fourth-order valence-corrected chi connectivity index (χ4v) is 2.81. The van der Waals surface area contributed by atoms with Crippen LogP contribution in [0.5, 0.6) is 17.2 Å². The van der Waals surface area contributed by atoms with Crippen LogP contribution in [0.4, 0.5) is 5.69 Å². The van der Waals surface area contributed by atoms with E-state index in [1.165, 1.54) is 6.21 Å². The number of hydrogen-bond acceptors (Lipinski definition) is 6. The molecule has 1 N–H and O–H groups in total. The van der Waals surface area contributed by atoms with E-state index in [0.29, 0.717) is 30.4 Å². The van der Waals surface area contributed by atoms with Gasteiger partial charge in [-0.1, -0.05) is 35.5 Å². The van der Waals surface area contributed by atoms with Gasteiger partial charge in [0, 0.05) is 11.3 Å². The molecule has 0 aliphatic carbocycles. The summed E-state index contributed by atoms with van der Waals surface area (Å²) in [5.74, 6) is 1.65. The third-order valence-electron chi connectivity index (χ3n) is 4.35. The third kappa shape index (κ3) is 7.05. The summed E-state index contributed by atoms with van der Waals surface area (Å²) in [6.07, 6.45) is 1.51. The summed E-state index contributed by atoms with van der Waals surface area (Å²) in [5.41, 5.74) is 2.47. The highest BCUT2D eigenvalue weighted by atomic mass is 16.6. The number of amides is 1. The van der Waals surface area contributed by atoms with Gasteiger partial charge in [-0.3, -0.25) is 4.79 Å². The van der Waals surface area contributed by atoms with Gasteiger partial charge >= 0.3 is 0 Å². The van der Waals surface area contributed by atoms with Crippen molar-refractivity contribution in [3.8, 4) is 17.2 Å². The normalized spacial score (nSPS) is 10.6. The van der Waals surface area contributed by atoms with Gasteiger partial charge in [-0.2, -0.15) is 0 Å². The molecule has 0 saturated carbocycles. The van der Waals surface area contributed by atoms with Crippen molar-refractivity contribution in [3.63, 3.8) is 0 Å². The van der Waals surface area contributed by atoms with Crippen LogP contribution in [-0.4, -0.2) is 32.4 Å². The Balaban J connectivity index is 1.47. The average Bonchev–Trinajstić information content (AvgIpc) is 2.83. The van der Waals surface area contributed by atoms with Crippen molar-refractivity contribution in [2.75, 3.05) is 25.6 Å². The second kappa shape index (κ2) is 12.0. The molecule has 0 saturated heterocycles. The maximum Gasteiger partial charge on any atom is 0.265 e. The molecule has 0 atom stereocenters. The molecule has 3 aromatic carbocycles. The van der Waals surface area contributed by atoms with E-state index in [4.69, 9.17) is 19.0 Å². The molecule has 1 amide bonds. The number of nitrogens with zero attached hydrogens (tertiary/aromatic N) is 1. The lowest BCUT2D eigenvalue weighted by Gasteiger charge is -2.11. The molecule has 7 nitrogen and oxygen atoms in total. The summed E-state index contributed by atoms with van der Waals surface area (Å²) in [7, 11) is 1.58. The van der Waals surface area contributed by atoms with Crippen molar-refractivity contribution in [2.24, 2.45) is 5.16 Å². The Morgan fingerprint density at radius 1 is 0.969 bits per heavy atom. The van der Waals surface area contributed by atoms with Crippen LogP contribution in [0.25, 0.3) is 0 Å². The lowest BCUT2D eigenvalue weighted by molar-refractivity contribution is -0.120. The Hall–Kier alpha value is -4.00. The van der Waals surface area contributed by atoms with E-state index in [1.54, 1.807) is 37.4 Å². The van der Waals surface area contributed by atoms with Gasteiger partial charge in [0.05, 0.1) is 19.9 Å². The van der Waals surface area contributed by atoms with Crippen LogP contribution >= 0.6 is 0 Å². The van der Waals surface area contributed by atoms with Gasteiger partial charge in [0.25, 0.3) is 5.91 Å². The van der Waals surface area contributed by atoms with Gasteiger partial charge in [0.2, 0.25) is 0 Å². The summed E-state index contributed by atoms with van der Waals surface area (Å²) in [4.78, 5) is 17.1. The molecule has 0 aliphatic rings. The molecule has 0 aromatic heterocycles. The van der Waals surface area contributed by atoms with Gasteiger partial charge < -0.3 is 24.4 Å². The first-order valence-corrected chi connectivity index (χ1v) is 10.2. The Morgan fingerprint density at radius 2 is 1.75 bits per heavy atom. The number of rotatable bonds is 11. The Kier molecular flexibility index (Phi) is 8.50. The highest BCUT2D eigenvalue weighted by molar-refractivity contribution is 5.91. The number of carbonyl (C=O) groups is 1. The molecule has 0 heterocycles. The van der Waals surface area contributed by atoms with Gasteiger partial charge in [0.15, 0.2) is 18.1 Å². The third-order valence-corrected chi connectivity index (χ3v) is 4.35. The van der Waals surface area contributed by atoms with E-state index >= 15 is 0 Å². The van der Waals surface area contributed by atoms with Crippen LogP contribution in [0, 0.1) is 0 Å². The van der Waals surface area contributed by atoms with E-state index < -0.39 is 0 Å². The van der Waals surface area contributed by atoms with Crippen molar-refractivity contribution >= 4 is 17.8 Å². The summed E-state index contributed by atoms with van der Waals surface area (Å²) < 4.78 is 16.6. The predicted octanol–water partition coefficient (Wildman–Crippen LogP) is 4.66. The zero-order valence-electron chi connectivity index (χ0n) is 18.1. The summed E-state index contributed by atoms with van der Waals surface area (Å²) in [5, 5.41) is 6.59. The average molecular weight is 434 g/mol. The lowest BCUT2D eigenvalue weighted by Crippen LogP contribution is -2.16. The molecule has 0 unspecified atom stereocenters. The van der Waals surface area contributed by atoms with E-state index in [2.05, 4.69) is 10.5 Å². The monoisotopic (exact) mass is 434 g/mol. The second-order valence-electron chi connectivity index (χ2n) is 6.70. The minimum atomic E-state index is -0.312. The summed E-state index contributed by atoms with van der Waals surface area (Å²) in [6, 6.07) is 22.4. The maximum atomic E-state index is 12.0. The Labute approximate surface area is 187 Å². The highest BCUT2D eigenvalue weighted by Crippen LogP contribution is 2.28. The highest BCUT2D eigenvalue weighted by Gasteiger charge is 2.06. The van der Waals surface area contributed by atoms with Gasteiger partial charge in [-0.15, -0.1) is 0 Å². The minimum Gasteiger partial charge on any atom is -0.494 e. The van der Waals surface area contributed by atoms with E-state index in [1.807, 2.05) is 49.4 Å². The van der Waals surface area contributed by atoms with Crippen molar-refractivity contribution in [3.05, 3.63) is 83.9 Å². The topological polar surface area (TPSA) is 78.4 Å². The molecule has 0 aliphatic heterocycles. The van der Waals surface area contributed by atoms with E-state index in [0.717, 1.165) is 16.9 Å². The first-order valence-electron chi connectivity index (χ1n) is 10.2. The molecule has 7 heteroatoms. The van der Waals surface area contributed by atoms with Crippen molar-refractivity contribution in [2.45, 2.75) is 13.5 Å². The number of ether oxygens (including phenoxy) is 3. The molecule has 0 spiro atoms. The smallest absolute Gasteiger partial charge is 0.265 e. The first kappa shape index (κ1) is 22.7. The number of nitrogens with one attached hydrogen (secondary N) is 1. The summed E-state index contributed by atoms with van der Waals surface area (Å²) in [6.45, 7) is 2.74. The van der Waals surface area contributed by atoms with Gasteiger partial charge in [-0.05, 0) is 55.0 Å². The van der Waals surface area contributed by atoms with Crippen LogP contribution < -0.4 is 19.5 Å². The largest absolute Gasteiger partial charge is 0.494 e. The van der Waals surface area contributed by atoms with Crippen LogP contribution in [0.1, 0.15) is 18.1 Å². The zero-order chi connectivity index (χ0) is 22.6. The van der Waals surface area contributed by atoms with Crippen LogP contribution in [0.3, 0.4) is 0 Å². The fraction of sp³-hybridized carbons (Fsp3) is 0.200. The van der Waals surface area contributed by atoms with Crippen molar-refractivity contribution in [1.29, 1.82) is 0 Å². The number of anilines is 1. The zero-order valence-corrected chi connectivity index (χ0v) is 18.1. The first-order chi connectivity index (χ1) is 15.7. The van der Waals surface area contributed by atoms with E-state index in [9.17, 15) is 4.79 Å². The quantitative estimate of drug-likeness (QED) is 0.351. The predicted molar refractivity (Wildman–Crippen MR) is 124 cm³/mol. The van der Waals surface area contributed by atoms with E-state index in [-0.39, 0.29) is 12.5 Å². The number of benzene rings is 3. The fourth-order valence-electron chi connectivity index (χ4n) is 2.81. The SMILES string of the molecule is CCOc1ccc(NC(=O)CO/N=C/c2ccc(OCc3ccccc3)c(OC)c2)cc1. The van der Waals surface area contributed by atoms with Crippen molar-refractivity contribution < 1.29 is 23.8 Å². The standard InChI is InChI=1S/C25H26N2O5/c1-3-30-22-12-10-21(11-13-22)27-25(28)18-32-26-16-20-9-14-23(24(15-20)29-2)31-17-19-7-5-4-6-8-19/h4-16H,3,17-18H2,1-2H3,(H,27,28)/b26-16+. The summed E-state index contributed by atoms with van der Waals surface area (Å²) >= 11 is 0. The second-order valence-corrected chi connectivity index (χ2v) is 6.70. The number of carbonyl (C=O) groups excluding carboxylic acids is 1. The molecule has 3 aromatic rings. The Bertz CT molecular complexity index is 1020. The minimum absolute atomic E-state index is 0.209. The van der Waals surface area contributed by atoms with Crippen LogP contribution in [0.2, 0.25) is 0 Å². The number of oxime groups is 1. The molecule has 0 bridgehead atoms. The Morgan fingerprint density at radius 3 is 2.47 bits per heavy atom. The molecule has 166 valence electrons. The molecule has 0 fully saturated rings. The van der Waals surface area contributed by atoms with Crippen LogP contribution in [-0.2, 0) is 16.2 Å².